The number of carboxylic acids is 1. The Bertz CT molecular complexity index is 313. The second-order valence-electron chi connectivity index (χ2n) is 4.63. The summed E-state index contributed by atoms with van der Waals surface area (Å²) in [5, 5.41) is 18.4. The van der Waals surface area contributed by atoms with Crippen LogP contribution >= 0.6 is 0 Å². The predicted molar refractivity (Wildman–Crippen MR) is 57.4 cm³/mol. The lowest BCUT2D eigenvalue weighted by Gasteiger charge is -2.22. The minimum atomic E-state index is -1.05. The number of carbonyl (C=O) groups excluding carboxylic acids is 1. The van der Waals surface area contributed by atoms with Crippen LogP contribution in [0.15, 0.2) is 0 Å². The van der Waals surface area contributed by atoms with Gasteiger partial charge in [-0.2, -0.15) is 0 Å². The van der Waals surface area contributed by atoms with Crippen LogP contribution in [0.5, 0.6) is 0 Å². The van der Waals surface area contributed by atoms with E-state index >= 15 is 0 Å². The number of ether oxygens (including phenoxy) is 1. The lowest BCUT2D eigenvalue weighted by molar-refractivity contribution is -0.149. The van der Waals surface area contributed by atoms with E-state index in [4.69, 9.17) is 9.84 Å². The monoisotopic (exact) mass is 243 g/mol. The molecule has 0 aromatic rings. The Morgan fingerprint density at radius 3 is 2.76 bits per heavy atom. The molecule has 1 unspecified atom stereocenters. The third-order valence-corrected chi connectivity index (χ3v) is 3.31. The van der Waals surface area contributed by atoms with Gasteiger partial charge >= 0.3 is 5.97 Å². The number of likely N-dealkylation sites (tertiary alicyclic amines) is 1. The molecule has 3 atom stereocenters. The van der Waals surface area contributed by atoms with E-state index in [0.717, 1.165) is 12.8 Å². The van der Waals surface area contributed by atoms with Crippen LogP contribution in [0.2, 0.25) is 0 Å². The van der Waals surface area contributed by atoms with Crippen LogP contribution < -0.4 is 0 Å². The molecule has 0 radical (unpaired) electrons. The summed E-state index contributed by atoms with van der Waals surface area (Å²) in [6.45, 7) is 0.783. The first-order valence-corrected chi connectivity index (χ1v) is 5.90. The van der Waals surface area contributed by atoms with Crippen molar-refractivity contribution in [3.63, 3.8) is 0 Å². The van der Waals surface area contributed by atoms with Gasteiger partial charge in [-0.3, -0.25) is 4.79 Å². The van der Waals surface area contributed by atoms with E-state index in [1.54, 1.807) is 0 Å². The van der Waals surface area contributed by atoms with E-state index in [-0.39, 0.29) is 31.4 Å². The topological polar surface area (TPSA) is 87.1 Å². The number of carbonyl (C=O) groups is 2. The molecule has 0 bridgehead atoms. The summed E-state index contributed by atoms with van der Waals surface area (Å²) in [5.74, 6) is -1.29. The lowest BCUT2D eigenvalue weighted by atomic mass is 10.1. The first-order valence-electron chi connectivity index (χ1n) is 5.90. The number of carboxylic acid groups (broad SMARTS) is 1. The van der Waals surface area contributed by atoms with Crippen molar-refractivity contribution < 1.29 is 24.5 Å². The van der Waals surface area contributed by atoms with Crippen molar-refractivity contribution in [2.45, 2.75) is 43.9 Å². The molecular weight excluding hydrogens is 226 g/mol. The first kappa shape index (κ1) is 12.3. The van der Waals surface area contributed by atoms with Crippen LogP contribution in [0.1, 0.15) is 25.7 Å². The van der Waals surface area contributed by atoms with Crippen molar-refractivity contribution in [2.75, 3.05) is 13.2 Å². The number of aliphatic hydroxyl groups excluding tert-OH is 1. The Labute approximate surface area is 99.2 Å². The highest BCUT2D eigenvalue weighted by Gasteiger charge is 2.39. The highest BCUT2D eigenvalue weighted by molar-refractivity contribution is 5.84. The zero-order chi connectivity index (χ0) is 12.4. The molecule has 2 aliphatic heterocycles. The Hall–Kier alpha value is -1.14. The smallest absolute Gasteiger partial charge is 0.326 e. The normalized spacial score (nSPS) is 33.0. The molecule has 2 N–H and O–H groups in total. The Balaban J connectivity index is 1.94. The second kappa shape index (κ2) is 5.01. The number of rotatable bonds is 3. The fourth-order valence-corrected chi connectivity index (χ4v) is 2.44. The van der Waals surface area contributed by atoms with Crippen LogP contribution in [-0.2, 0) is 14.3 Å². The molecule has 0 aromatic heterocycles. The van der Waals surface area contributed by atoms with Crippen molar-refractivity contribution in [2.24, 2.45) is 0 Å². The molecular formula is C11H17NO5. The molecule has 2 rings (SSSR count). The summed E-state index contributed by atoms with van der Waals surface area (Å²) in [6.07, 6.45) is 1.31. The Kier molecular flexibility index (Phi) is 3.63. The van der Waals surface area contributed by atoms with E-state index in [9.17, 15) is 14.7 Å². The van der Waals surface area contributed by atoms with Gasteiger partial charge in [0.25, 0.3) is 0 Å². The van der Waals surface area contributed by atoms with Gasteiger partial charge in [-0.15, -0.1) is 0 Å². The van der Waals surface area contributed by atoms with Gasteiger partial charge in [0.15, 0.2) is 0 Å². The van der Waals surface area contributed by atoms with Gasteiger partial charge in [0.2, 0.25) is 5.91 Å². The molecule has 2 heterocycles. The molecule has 6 nitrogen and oxygen atoms in total. The zero-order valence-electron chi connectivity index (χ0n) is 9.54. The van der Waals surface area contributed by atoms with Crippen molar-refractivity contribution in [3.05, 3.63) is 0 Å². The van der Waals surface area contributed by atoms with Crippen molar-refractivity contribution in [3.8, 4) is 0 Å². The molecule has 2 fully saturated rings. The zero-order valence-corrected chi connectivity index (χ0v) is 9.54. The van der Waals surface area contributed by atoms with Gasteiger partial charge in [0.1, 0.15) is 6.04 Å². The standard InChI is InChI=1S/C11H17NO5/c13-7-4-9(11(15)16)12(6-7)10(14)5-8-2-1-3-17-8/h7-9,13H,1-6H2,(H,15,16)/t7-,8?,9-/m0/s1. The number of amides is 1. The molecule has 0 aliphatic carbocycles. The number of β-amino-alcohol motifs (C(OH)–C–C–N with tert-alkyl or cyclic N) is 1. The average molecular weight is 243 g/mol. The van der Waals surface area contributed by atoms with Gasteiger partial charge in [0.05, 0.1) is 18.6 Å². The molecule has 2 aliphatic rings. The van der Waals surface area contributed by atoms with E-state index in [2.05, 4.69) is 0 Å². The number of aliphatic carboxylic acids is 1. The molecule has 0 spiro atoms. The fourth-order valence-electron chi connectivity index (χ4n) is 2.44. The van der Waals surface area contributed by atoms with Gasteiger partial charge in [-0.05, 0) is 12.8 Å². The number of hydrogen-bond donors (Lipinski definition) is 2. The first-order chi connectivity index (χ1) is 8.08. The maximum atomic E-state index is 11.9. The maximum Gasteiger partial charge on any atom is 0.326 e. The summed E-state index contributed by atoms with van der Waals surface area (Å²) in [6, 6.07) is -0.890. The SMILES string of the molecule is O=C(O)[C@@H]1C[C@H](O)CN1C(=O)CC1CCCO1. The van der Waals surface area contributed by atoms with Crippen LogP contribution in [0, 0.1) is 0 Å². The van der Waals surface area contributed by atoms with Crippen LogP contribution in [0.4, 0.5) is 0 Å². The summed E-state index contributed by atoms with van der Waals surface area (Å²) in [5.41, 5.74) is 0. The largest absolute Gasteiger partial charge is 0.480 e. The van der Waals surface area contributed by atoms with Crippen LogP contribution in [-0.4, -0.2) is 58.4 Å². The van der Waals surface area contributed by atoms with Gasteiger partial charge in [-0.1, -0.05) is 0 Å². The van der Waals surface area contributed by atoms with Crippen LogP contribution in [0.3, 0.4) is 0 Å². The summed E-state index contributed by atoms with van der Waals surface area (Å²) < 4.78 is 5.35. The van der Waals surface area contributed by atoms with Gasteiger partial charge in [0, 0.05) is 19.6 Å². The summed E-state index contributed by atoms with van der Waals surface area (Å²) in [7, 11) is 0. The minimum Gasteiger partial charge on any atom is -0.480 e. The van der Waals surface area contributed by atoms with Crippen molar-refractivity contribution in [1.29, 1.82) is 0 Å². The number of aliphatic hydroxyl groups is 1. The quantitative estimate of drug-likeness (QED) is 0.704. The molecule has 96 valence electrons. The highest BCUT2D eigenvalue weighted by atomic mass is 16.5. The van der Waals surface area contributed by atoms with Crippen molar-refractivity contribution in [1.82, 2.24) is 4.90 Å². The van der Waals surface area contributed by atoms with E-state index in [0.29, 0.717) is 6.61 Å². The summed E-state index contributed by atoms with van der Waals surface area (Å²) >= 11 is 0. The molecule has 0 aromatic carbocycles. The average Bonchev–Trinajstić information content (AvgIpc) is 2.86. The van der Waals surface area contributed by atoms with E-state index < -0.39 is 18.1 Å². The molecule has 17 heavy (non-hydrogen) atoms. The van der Waals surface area contributed by atoms with Gasteiger partial charge in [-0.25, -0.2) is 4.79 Å². The minimum absolute atomic E-state index is 0.0883. The Morgan fingerprint density at radius 1 is 1.41 bits per heavy atom. The second-order valence-corrected chi connectivity index (χ2v) is 4.63. The van der Waals surface area contributed by atoms with Gasteiger partial charge < -0.3 is 19.8 Å². The fraction of sp³-hybridized carbons (Fsp3) is 0.818. The third kappa shape index (κ3) is 2.76. The van der Waals surface area contributed by atoms with Crippen LogP contribution in [0.25, 0.3) is 0 Å². The number of nitrogens with zero attached hydrogens (tertiary/aromatic N) is 1. The third-order valence-electron chi connectivity index (χ3n) is 3.31. The van der Waals surface area contributed by atoms with E-state index in [1.807, 2.05) is 0 Å². The summed E-state index contributed by atoms with van der Waals surface area (Å²) in [4.78, 5) is 24.2. The van der Waals surface area contributed by atoms with E-state index in [1.165, 1.54) is 4.90 Å². The lowest BCUT2D eigenvalue weighted by Crippen LogP contribution is -2.41. The molecule has 1 amide bonds. The predicted octanol–water partition coefficient (Wildman–Crippen LogP) is -0.398. The van der Waals surface area contributed by atoms with Crippen molar-refractivity contribution >= 4 is 11.9 Å². The maximum absolute atomic E-state index is 11.9. The number of hydrogen-bond acceptors (Lipinski definition) is 4. The molecule has 2 saturated heterocycles. The molecule has 6 heteroatoms. The molecule has 0 saturated carbocycles. The Morgan fingerprint density at radius 2 is 2.18 bits per heavy atom. The highest BCUT2D eigenvalue weighted by Crippen LogP contribution is 2.22.